The van der Waals surface area contributed by atoms with Crippen LogP contribution >= 0.6 is 0 Å². The lowest BCUT2D eigenvalue weighted by molar-refractivity contribution is -0.120. The molecule has 1 aromatic carbocycles. The second-order valence-corrected chi connectivity index (χ2v) is 6.24. The first-order valence-corrected chi connectivity index (χ1v) is 8.95. The number of esters is 1. The predicted octanol–water partition coefficient (Wildman–Crippen LogP) is 3.96. The highest BCUT2D eigenvalue weighted by Gasteiger charge is 2.24. The van der Waals surface area contributed by atoms with Gasteiger partial charge >= 0.3 is 5.97 Å². The summed E-state index contributed by atoms with van der Waals surface area (Å²) < 4.78 is 15.8. The second kappa shape index (κ2) is 9.85. The summed E-state index contributed by atoms with van der Waals surface area (Å²) in [6.45, 7) is 2.01. The van der Waals surface area contributed by atoms with Gasteiger partial charge in [0.15, 0.2) is 11.5 Å². The fourth-order valence-electron chi connectivity index (χ4n) is 3.05. The van der Waals surface area contributed by atoms with Crippen molar-refractivity contribution in [3.63, 3.8) is 0 Å². The summed E-state index contributed by atoms with van der Waals surface area (Å²) in [4.78, 5) is 25.1. The zero-order chi connectivity index (χ0) is 18.9. The molecule has 26 heavy (non-hydrogen) atoms. The van der Waals surface area contributed by atoms with Gasteiger partial charge in [0, 0.05) is 18.1 Å². The van der Waals surface area contributed by atoms with Crippen molar-refractivity contribution in [2.24, 2.45) is 5.92 Å². The second-order valence-electron chi connectivity index (χ2n) is 6.24. The SMILES string of the molecule is C/C=C/COC(=O)c1cc(OC)c(OC)cc1NC(=O)C1CCCCC1. The van der Waals surface area contributed by atoms with Crippen LogP contribution in [0.3, 0.4) is 0 Å². The van der Waals surface area contributed by atoms with Crippen LogP contribution in [0, 0.1) is 5.92 Å². The summed E-state index contributed by atoms with van der Waals surface area (Å²) in [5.41, 5.74) is 0.625. The Balaban J connectivity index is 2.28. The van der Waals surface area contributed by atoms with Crippen LogP contribution in [-0.4, -0.2) is 32.7 Å². The van der Waals surface area contributed by atoms with Crippen LogP contribution in [0.25, 0.3) is 0 Å². The lowest BCUT2D eigenvalue weighted by Gasteiger charge is -2.22. The summed E-state index contributed by atoms with van der Waals surface area (Å²) in [5, 5.41) is 2.88. The Hall–Kier alpha value is -2.50. The van der Waals surface area contributed by atoms with E-state index in [4.69, 9.17) is 14.2 Å². The molecule has 6 nitrogen and oxygen atoms in total. The fraction of sp³-hybridized carbons (Fsp3) is 0.500. The van der Waals surface area contributed by atoms with E-state index in [9.17, 15) is 9.59 Å². The molecule has 1 aliphatic rings. The van der Waals surface area contributed by atoms with Crippen molar-refractivity contribution in [1.29, 1.82) is 0 Å². The van der Waals surface area contributed by atoms with E-state index in [1.54, 1.807) is 18.2 Å². The predicted molar refractivity (Wildman–Crippen MR) is 99.8 cm³/mol. The number of hydrogen-bond donors (Lipinski definition) is 1. The maximum atomic E-state index is 12.6. The van der Waals surface area contributed by atoms with Crippen molar-refractivity contribution in [2.45, 2.75) is 39.0 Å². The molecular formula is C20H27NO5. The van der Waals surface area contributed by atoms with Crippen molar-refractivity contribution < 1.29 is 23.8 Å². The van der Waals surface area contributed by atoms with E-state index < -0.39 is 5.97 Å². The van der Waals surface area contributed by atoms with Gasteiger partial charge in [-0.2, -0.15) is 0 Å². The summed E-state index contributed by atoms with van der Waals surface area (Å²) >= 11 is 0. The standard InChI is InChI=1S/C20H27NO5/c1-4-5-11-26-20(23)15-12-17(24-2)18(25-3)13-16(15)21-19(22)14-9-7-6-8-10-14/h4-5,12-14H,6-11H2,1-3H3,(H,21,22)/b5-4+. The number of nitrogens with one attached hydrogen (secondary N) is 1. The number of benzene rings is 1. The average Bonchev–Trinajstić information content (AvgIpc) is 2.68. The van der Waals surface area contributed by atoms with E-state index in [-0.39, 0.29) is 24.0 Å². The minimum atomic E-state index is -0.525. The molecule has 1 saturated carbocycles. The Labute approximate surface area is 154 Å². The average molecular weight is 361 g/mol. The molecule has 0 bridgehead atoms. The molecule has 1 aromatic rings. The van der Waals surface area contributed by atoms with E-state index in [2.05, 4.69) is 5.32 Å². The van der Waals surface area contributed by atoms with Gasteiger partial charge in [-0.1, -0.05) is 31.4 Å². The van der Waals surface area contributed by atoms with E-state index in [1.165, 1.54) is 26.7 Å². The van der Waals surface area contributed by atoms with E-state index in [1.807, 2.05) is 6.92 Å². The van der Waals surface area contributed by atoms with Gasteiger partial charge < -0.3 is 19.5 Å². The fourth-order valence-corrected chi connectivity index (χ4v) is 3.05. The van der Waals surface area contributed by atoms with Crippen LogP contribution in [0.4, 0.5) is 5.69 Å². The first kappa shape index (κ1) is 19.8. The number of rotatable bonds is 7. The lowest BCUT2D eigenvalue weighted by atomic mass is 9.88. The van der Waals surface area contributed by atoms with E-state index in [0.29, 0.717) is 17.2 Å². The minimum absolute atomic E-state index is 0.0243. The lowest BCUT2D eigenvalue weighted by Crippen LogP contribution is -2.26. The highest BCUT2D eigenvalue weighted by molar-refractivity contribution is 6.02. The molecule has 0 spiro atoms. The minimum Gasteiger partial charge on any atom is -0.493 e. The largest absolute Gasteiger partial charge is 0.493 e. The topological polar surface area (TPSA) is 73.9 Å². The maximum Gasteiger partial charge on any atom is 0.340 e. The number of allylic oxidation sites excluding steroid dienone is 1. The number of amides is 1. The Bertz CT molecular complexity index is 662. The first-order valence-electron chi connectivity index (χ1n) is 8.95. The number of hydrogen-bond acceptors (Lipinski definition) is 5. The summed E-state index contributed by atoms with van der Waals surface area (Å²) in [6, 6.07) is 3.14. The Kier molecular flexibility index (Phi) is 7.51. The third-order valence-electron chi connectivity index (χ3n) is 4.52. The van der Waals surface area contributed by atoms with E-state index >= 15 is 0 Å². The third kappa shape index (κ3) is 5.00. The van der Waals surface area contributed by atoms with Gasteiger partial charge in [0.1, 0.15) is 6.61 Å². The summed E-state index contributed by atoms with van der Waals surface area (Å²) in [5.74, 6) is 0.226. The van der Waals surface area contributed by atoms with Crippen LogP contribution in [0.2, 0.25) is 0 Å². The van der Waals surface area contributed by atoms with Gasteiger partial charge in [-0.3, -0.25) is 4.79 Å². The molecular weight excluding hydrogens is 334 g/mol. The van der Waals surface area contributed by atoms with Gasteiger partial charge in [0.2, 0.25) is 5.91 Å². The molecule has 1 amide bonds. The van der Waals surface area contributed by atoms with Crippen LogP contribution in [-0.2, 0) is 9.53 Å². The maximum absolute atomic E-state index is 12.6. The molecule has 0 heterocycles. The van der Waals surface area contributed by atoms with Gasteiger partial charge in [-0.15, -0.1) is 0 Å². The zero-order valence-corrected chi connectivity index (χ0v) is 15.7. The number of ether oxygens (including phenoxy) is 3. The quantitative estimate of drug-likeness (QED) is 0.588. The molecule has 142 valence electrons. The van der Waals surface area contributed by atoms with Crippen LogP contribution < -0.4 is 14.8 Å². The van der Waals surface area contributed by atoms with Crippen molar-refractivity contribution >= 4 is 17.6 Å². The summed E-state index contributed by atoms with van der Waals surface area (Å²) in [6.07, 6.45) is 8.57. The monoisotopic (exact) mass is 361 g/mol. The molecule has 1 aliphatic carbocycles. The molecule has 0 atom stereocenters. The zero-order valence-electron chi connectivity index (χ0n) is 15.7. The van der Waals surface area contributed by atoms with Crippen LogP contribution in [0.1, 0.15) is 49.4 Å². The van der Waals surface area contributed by atoms with Crippen molar-refractivity contribution in [2.75, 3.05) is 26.1 Å². The van der Waals surface area contributed by atoms with Crippen LogP contribution in [0.5, 0.6) is 11.5 Å². The highest BCUT2D eigenvalue weighted by atomic mass is 16.5. The smallest absolute Gasteiger partial charge is 0.340 e. The van der Waals surface area contributed by atoms with Crippen molar-refractivity contribution in [1.82, 2.24) is 0 Å². The van der Waals surface area contributed by atoms with E-state index in [0.717, 1.165) is 25.7 Å². The number of carbonyl (C=O) groups excluding carboxylic acids is 2. The normalized spacial score (nSPS) is 14.9. The molecule has 6 heteroatoms. The van der Waals surface area contributed by atoms with Gasteiger partial charge in [-0.05, 0) is 19.8 Å². The van der Waals surface area contributed by atoms with Gasteiger partial charge in [0.25, 0.3) is 0 Å². The number of anilines is 1. The first-order chi connectivity index (χ1) is 12.6. The Morgan fingerprint density at radius 2 is 1.77 bits per heavy atom. The number of carbonyl (C=O) groups is 2. The highest BCUT2D eigenvalue weighted by Crippen LogP contribution is 2.34. The Morgan fingerprint density at radius 3 is 2.38 bits per heavy atom. The summed E-state index contributed by atoms with van der Waals surface area (Å²) in [7, 11) is 3.00. The van der Waals surface area contributed by atoms with Crippen molar-refractivity contribution in [3.8, 4) is 11.5 Å². The molecule has 0 unspecified atom stereocenters. The molecule has 0 aromatic heterocycles. The molecule has 0 radical (unpaired) electrons. The number of methoxy groups -OCH3 is 2. The molecule has 0 saturated heterocycles. The molecule has 1 fully saturated rings. The molecule has 0 aliphatic heterocycles. The molecule has 2 rings (SSSR count). The van der Waals surface area contributed by atoms with Crippen LogP contribution in [0.15, 0.2) is 24.3 Å². The Morgan fingerprint density at radius 1 is 1.12 bits per heavy atom. The van der Waals surface area contributed by atoms with Crippen molar-refractivity contribution in [3.05, 3.63) is 29.8 Å². The third-order valence-corrected chi connectivity index (χ3v) is 4.52. The molecule has 1 N–H and O–H groups in total. The van der Waals surface area contributed by atoms with Gasteiger partial charge in [0.05, 0.1) is 25.5 Å². The van der Waals surface area contributed by atoms with Gasteiger partial charge in [-0.25, -0.2) is 4.79 Å².